The van der Waals surface area contributed by atoms with Gasteiger partial charge >= 0.3 is 0 Å². The molecule has 0 bridgehead atoms. The lowest BCUT2D eigenvalue weighted by Crippen LogP contribution is -2.34. The van der Waals surface area contributed by atoms with Crippen LogP contribution in [0.3, 0.4) is 0 Å². The standard InChI is InChI=1S/C16H23N3O/c1-3-18-9-7-13(8-10-18)11-15-17-12-14-5-4-6-16(20-2)19(14)15/h4-6,12-13H,3,7-11H2,1-2H3. The molecule has 3 heterocycles. The number of methoxy groups -OCH3 is 1. The van der Waals surface area contributed by atoms with Crippen LogP contribution in [-0.2, 0) is 6.42 Å². The van der Waals surface area contributed by atoms with Crippen molar-refractivity contribution in [2.75, 3.05) is 26.7 Å². The molecule has 3 rings (SSSR count). The lowest BCUT2D eigenvalue weighted by atomic mass is 9.93. The molecule has 0 aromatic carbocycles. The molecule has 1 fully saturated rings. The fourth-order valence-electron chi connectivity index (χ4n) is 3.15. The molecule has 0 aliphatic carbocycles. The number of aromatic nitrogens is 2. The first kappa shape index (κ1) is 13.4. The molecule has 0 saturated carbocycles. The zero-order chi connectivity index (χ0) is 13.9. The molecule has 0 atom stereocenters. The van der Waals surface area contributed by atoms with E-state index in [1.165, 1.54) is 32.5 Å². The fraction of sp³-hybridized carbons (Fsp3) is 0.562. The number of pyridine rings is 1. The van der Waals surface area contributed by atoms with Gasteiger partial charge in [0.2, 0.25) is 0 Å². The number of fused-ring (bicyclic) bond motifs is 1. The van der Waals surface area contributed by atoms with E-state index in [0.29, 0.717) is 0 Å². The van der Waals surface area contributed by atoms with Crippen molar-refractivity contribution in [2.24, 2.45) is 5.92 Å². The van der Waals surface area contributed by atoms with Crippen LogP contribution in [0.25, 0.3) is 5.52 Å². The minimum Gasteiger partial charge on any atom is -0.482 e. The topological polar surface area (TPSA) is 29.8 Å². The van der Waals surface area contributed by atoms with Gasteiger partial charge < -0.3 is 9.64 Å². The van der Waals surface area contributed by atoms with Crippen LogP contribution >= 0.6 is 0 Å². The number of hydrogen-bond donors (Lipinski definition) is 0. The van der Waals surface area contributed by atoms with Crippen molar-refractivity contribution >= 4 is 5.52 Å². The Kier molecular flexibility index (Phi) is 3.92. The first-order chi connectivity index (χ1) is 9.81. The number of ether oxygens (including phenoxy) is 1. The Balaban J connectivity index is 1.78. The van der Waals surface area contributed by atoms with Gasteiger partial charge in [-0.25, -0.2) is 4.98 Å². The summed E-state index contributed by atoms with van der Waals surface area (Å²) in [6.45, 7) is 5.86. The highest BCUT2D eigenvalue weighted by atomic mass is 16.5. The number of likely N-dealkylation sites (tertiary alicyclic amines) is 1. The maximum Gasteiger partial charge on any atom is 0.199 e. The van der Waals surface area contributed by atoms with E-state index < -0.39 is 0 Å². The van der Waals surface area contributed by atoms with Gasteiger partial charge in [-0.1, -0.05) is 13.0 Å². The maximum atomic E-state index is 5.46. The monoisotopic (exact) mass is 273 g/mol. The molecular formula is C16H23N3O. The Morgan fingerprint density at radius 2 is 2.10 bits per heavy atom. The molecule has 2 aromatic rings. The molecule has 0 unspecified atom stereocenters. The second-order valence-electron chi connectivity index (χ2n) is 5.58. The van der Waals surface area contributed by atoms with E-state index in [2.05, 4.69) is 27.3 Å². The number of nitrogens with zero attached hydrogens (tertiary/aromatic N) is 3. The van der Waals surface area contributed by atoms with Gasteiger partial charge in [-0.15, -0.1) is 0 Å². The van der Waals surface area contributed by atoms with E-state index in [0.717, 1.165) is 29.6 Å². The average molecular weight is 273 g/mol. The molecule has 0 N–H and O–H groups in total. The quantitative estimate of drug-likeness (QED) is 0.857. The van der Waals surface area contributed by atoms with Crippen LogP contribution in [0.15, 0.2) is 24.4 Å². The average Bonchev–Trinajstić information content (AvgIpc) is 2.91. The third-order valence-electron chi connectivity index (χ3n) is 4.42. The van der Waals surface area contributed by atoms with Gasteiger partial charge in [0.15, 0.2) is 5.88 Å². The number of hydrogen-bond acceptors (Lipinski definition) is 3. The predicted octanol–water partition coefficient (Wildman–Crippen LogP) is 2.62. The molecule has 0 amide bonds. The van der Waals surface area contributed by atoms with E-state index in [-0.39, 0.29) is 0 Å². The minimum absolute atomic E-state index is 0.744. The van der Waals surface area contributed by atoms with Crippen molar-refractivity contribution in [3.8, 4) is 5.88 Å². The summed E-state index contributed by atoms with van der Waals surface area (Å²) in [7, 11) is 1.72. The molecule has 4 heteroatoms. The molecule has 2 aromatic heterocycles. The van der Waals surface area contributed by atoms with Crippen LogP contribution in [0.5, 0.6) is 5.88 Å². The second-order valence-corrected chi connectivity index (χ2v) is 5.58. The minimum atomic E-state index is 0.744. The van der Waals surface area contributed by atoms with Crippen LogP contribution in [0.2, 0.25) is 0 Å². The first-order valence-corrected chi connectivity index (χ1v) is 7.53. The first-order valence-electron chi connectivity index (χ1n) is 7.53. The zero-order valence-electron chi connectivity index (χ0n) is 12.4. The second kappa shape index (κ2) is 5.83. The zero-order valence-corrected chi connectivity index (χ0v) is 12.4. The highest BCUT2D eigenvalue weighted by molar-refractivity contribution is 5.49. The van der Waals surface area contributed by atoms with Crippen molar-refractivity contribution in [1.29, 1.82) is 0 Å². The molecule has 108 valence electrons. The maximum absolute atomic E-state index is 5.46. The van der Waals surface area contributed by atoms with Crippen molar-refractivity contribution in [2.45, 2.75) is 26.2 Å². The highest BCUT2D eigenvalue weighted by Crippen LogP contribution is 2.24. The molecule has 1 aliphatic rings. The molecular weight excluding hydrogens is 250 g/mol. The molecule has 4 nitrogen and oxygen atoms in total. The summed E-state index contributed by atoms with van der Waals surface area (Å²) in [5.74, 6) is 2.75. The summed E-state index contributed by atoms with van der Waals surface area (Å²) in [6.07, 6.45) is 5.54. The van der Waals surface area contributed by atoms with Gasteiger partial charge in [0, 0.05) is 6.42 Å². The van der Waals surface area contributed by atoms with E-state index in [9.17, 15) is 0 Å². The van der Waals surface area contributed by atoms with E-state index in [4.69, 9.17) is 4.74 Å². The van der Waals surface area contributed by atoms with Gasteiger partial charge in [0.25, 0.3) is 0 Å². The van der Waals surface area contributed by atoms with Crippen molar-refractivity contribution < 1.29 is 4.74 Å². The van der Waals surface area contributed by atoms with Crippen molar-refractivity contribution in [3.05, 3.63) is 30.2 Å². The molecule has 1 aliphatic heterocycles. The molecule has 0 radical (unpaired) electrons. The third kappa shape index (κ3) is 2.52. The molecule has 20 heavy (non-hydrogen) atoms. The smallest absolute Gasteiger partial charge is 0.199 e. The van der Waals surface area contributed by atoms with E-state index in [1.807, 2.05) is 18.3 Å². The normalized spacial score (nSPS) is 17.7. The van der Waals surface area contributed by atoms with Crippen LogP contribution in [0.4, 0.5) is 0 Å². The van der Waals surface area contributed by atoms with E-state index >= 15 is 0 Å². The lowest BCUT2D eigenvalue weighted by Gasteiger charge is -2.30. The Hall–Kier alpha value is -1.55. The molecule has 1 saturated heterocycles. The van der Waals surface area contributed by atoms with Crippen LogP contribution in [0.1, 0.15) is 25.6 Å². The van der Waals surface area contributed by atoms with Gasteiger partial charge in [0.05, 0.1) is 18.8 Å². The molecule has 0 spiro atoms. The summed E-state index contributed by atoms with van der Waals surface area (Å²) < 4.78 is 7.61. The Labute approximate surface area is 120 Å². The Bertz CT molecular complexity index is 570. The van der Waals surface area contributed by atoms with Crippen molar-refractivity contribution in [1.82, 2.24) is 14.3 Å². The van der Waals surface area contributed by atoms with Crippen molar-refractivity contribution in [3.63, 3.8) is 0 Å². The SMILES string of the molecule is CCN1CCC(Cc2ncc3cccc(OC)n23)CC1. The Morgan fingerprint density at radius 3 is 2.80 bits per heavy atom. The van der Waals surface area contributed by atoms with Crippen LogP contribution in [0, 0.1) is 5.92 Å². The largest absolute Gasteiger partial charge is 0.482 e. The number of imidazole rings is 1. The van der Waals surface area contributed by atoms with Gasteiger partial charge in [-0.3, -0.25) is 4.40 Å². The summed E-state index contributed by atoms with van der Waals surface area (Å²) in [5.41, 5.74) is 1.12. The summed E-state index contributed by atoms with van der Waals surface area (Å²) in [4.78, 5) is 7.14. The van der Waals surface area contributed by atoms with Crippen LogP contribution < -0.4 is 4.74 Å². The lowest BCUT2D eigenvalue weighted by molar-refractivity contribution is 0.190. The summed E-state index contributed by atoms with van der Waals surface area (Å²) >= 11 is 0. The van der Waals surface area contributed by atoms with Gasteiger partial charge in [0.1, 0.15) is 5.82 Å². The Morgan fingerprint density at radius 1 is 1.30 bits per heavy atom. The number of rotatable bonds is 4. The third-order valence-corrected chi connectivity index (χ3v) is 4.42. The summed E-state index contributed by atoms with van der Waals surface area (Å²) in [6, 6.07) is 6.09. The number of piperidine rings is 1. The highest BCUT2D eigenvalue weighted by Gasteiger charge is 2.20. The van der Waals surface area contributed by atoms with Gasteiger partial charge in [-0.05, 0) is 50.5 Å². The van der Waals surface area contributed by atoms with Crippen LogP contribution in [-0.4, -0.2) is 41.0 Å². The summed E-state index contributed by atoms with van der Waals surface area (Å²) in [5, 5.41) is 0. The van der Waals surface area contributed by atoms with E-state index in [1.54, 1.807) is 7.11 Å². The fourth-order valence-corrected chi connectivity index (χ4v) is 3.15. The predicted molar refractivity (Wildman–Crippen MR) is 80.3 cm³/mol. The van der Waals surface area contributed by atoms with Gasteiger partial charge in [-0.2, -0.15) is 0 Å².